The van der Waals surface area contributed by atoms with Crippen molar-refractivity contribution in [2.24, 2.45) is 4.99 Å². The number of aliphatic imine (C=N–C) groups is 1. The minimum absolute atomic E-state index is 0. The van der Waals surface area contributed by atoms with Crippen molar-refractivity contribution in [2.45, 2.75) is 59.0 Å². The molecule has 0 saturated carbocycles. The van der Waals surface area contributed by atoms with Crippen LogP contribution >= 0.6 is 24.0 Å². The molecule has 0 aliphatic carbocycles. The molecule has 0 aromatic heterocycles. The molecule has 1 saturated heterocycles. The number of nitrogens with one attached hydrogen (secondary N) is 2. The summed E-state index contributed by atoms with van der Waals surface area (Å²) in [5.41, 5.74) is 0. The SMILES string of the molecule is CCCN1CCC(NC(=NC)NCC(C)N(CC)CC)CC1.I. The van der Waals surface area contributed by atoms with Crippen molar-refractivity contribution in [3.8, 4) is 0 Å². The van der Waals surface area contributed by atoms with Gasteiger partial charge in [-0.3, -0.25) is 9.89 Å². The normalized spacial score (nSPS) is 18.6. The first-order valence-corrected chi connectivity index (χ1v) is 9.08. The number of halogens is 1. The van der Waals surface area contributed by atoms with E-state index in [0.29, 0.717) is 12.1 Å². The molecule has 2 N–H and O–H groups in total. The highest BCUT2D eigenvalue weighted by Crippen LogP contribution is 2.10. The van der Waals surface area contributed by atoms with E-state index in [9.17, 15) is 0 Å². The van der Waals surface area contributed by atoms with E-state index in [1.165, 1.54) is 38.9 Å². The molecule has 5 nitrogen and oxygen atoms in total. The lowest BCUT2D eigenvalue weighted by molar-refractivity contribution is 0.205. The third kappa shape index (κ3) is 8.54. The van der Waals surface area contributed by atoms with Crippen LogP contribution < -0.4 is 10.6 Å². The predicted molar refractivity (Wildman–Crippen MR) is 112 cm³/mol. The molecule has 1 atom stereocenters. The van der Waals surface area contributed by atoms with Crippen LogP contribution in [0.3, 0.4) is 0 Å². The van der Waals surface area contributed by atoms with Crippen molar-refractivity contribution in [3.05, 3.63) is 0 Å². The van der Waals surface area contributed by atoms with Gasteiger partial charge in [-0.05, 0) is 45.8 Å². The van der Waals surface area contributed by atoms with Gasteiger partial charge in [0.15, 0.2) is 5.96 Å². The van der Waals surface area contributed by atoms with Gasteiger partial charge in [-0.2, -0.15) is 0 Å². The molecule has 0 amide bonds. The zero-order valence-corrected chi connectivity index (χ0v) is 18.1. The maximum atomic E-state index is 4.38. The van der Waals surface area contributed by atoms with Crippen molar-refractivity contribution in [3.63, 3.8) is 0 Å². The van der Waals surface area contributed by atoms with Crippen LogP contribution in [0.2, 0.25) is 0 Å². The largest absolute Gasteiger partial charge is 0.355 e. The van der Waals surface area contributed by atoms with Gasteiger partial charge in [-0.1, -0.05) is 20.8 Å². The van der Waals surface area contributed by atoms with Crippen LogP contribution in [0.5, 0.6) is 0 Å². The first kappa shape index (κ1) is 22.9. The van der Waals surface area contributed by atoms with Crippen LogP contribution in [0, 0.1) is 0 Å². The van der Waals surface area contributed by atoms with Gasteiger partial charge in [-0.15, -0.1) is 24.0 Å². The van der Waals surface area contributed by atoms with Crippen molar-refractivity contribution < 1.29 is 0 Å². The van der Waals surface area contributed by atoms with E-state index in [1.54, 1.807) is 0 Å². The van der Waals surface area contributed by atoms with Gasteiger partial charge in [0.2, 0.25) is 0 Å². The van der Waals surface area contributed by atoms with Crippen LogP contribution in [-0.4, -0.2) is 74.2 Å². The molecule has 23 heavy (non-hydrogen) atoms. The lowest BCUT2D eigenvalue weighted by Crippen LogP contribution is -2.51. The molecule has 6 heteroatoms. The van der Waals surface area contributed by atoms with E-state index >= 15 is 0 Å². The van der Waals surface area contributed by atoms with E-state index < -0.39 is 0 Å². The standard InChI is InChI=1S/C17H37N5.HI/c1-6-11-21-12-9-16(10-13-21)20-17(18-5)19-14-15(4)22(7-2)8-3;/h15-16H,6-14H2,1-5H3,(H2,18,19,20);1H. The van der Waals surface area contributed by atoms with E-state index in [4.69, 9.17) is 0 Å². The van der Waals surface area contributed by atoms with Crippen LogP contribution in [0.15, 0.2) is 4.99 Å². The van der Waals surface area contributed by atoms with Crippen LogP contribution in [0.4, 0.5) is 0 Å². The topological polar surface area (TPSA) is 42.9 Å². The van der Waals surface area contributed by atoms with Crippen molar-refractivity contribution in [2.75, 3.05) is 46.3 Å². The molecular formula is C17H38IN5. The number of likely N-dealkylation sites (tertiary alicyclic amines) is 1. The molecule has 1 fully saturated rings. The minimum Gasteiger partial charge on any atom is -0.355 e. The smallest absolute Gasteiger partial charge is 0.191 e. The van der Waals surface area contributed by atoms with Crippen molar-refractivity contribution in [1.82, 2.24) is 20.4 Å². The van der Waals surface area contributed by atoms with Crippen molar-refractivity contribution in [1.29, 1.82) is 0 Å². The summed E-state index contributed by atoms with van der Waals surface area (Å²) in [6.07, 6.45) is 3.68. The monoisotopic (exact) mass is 439 g/mol. The number of guanidine groups is 1. The van der Waals surface area contributed by atoms with Gasteiger partial charge in [0.05, 0.1) is 0 Å². The van der Waals surface area contributed by atoms with Crippen LogP contribution in [-0.2, 0) is 0 Å². The Morgan fingerprint density at radius 2 is 1.83 bits per heavy atom. The van der Waals surface area contributed by atoms with E-state index in [2.05, 4.69) is 53.1 Å². The number of likely N-dealkylation sites (N-methyl/N-ethyl adjacent to an activating group) is 1. The summed E-state index contributed by atoms with van der Waals surface area (Å²) in [7, 11) is 1.86. The predicted octanol–water partition coefficient (Wildman–Crippen LogP) is 2.37. The maximum absolute atomic E-state index is 4.38. The Labute approximate surface area is 160 Å². The highest BCUT2D eigenvalue weighted by Gasteiger charge is 2.19. The highest BCUT2D eigenvalue weighted by atomic mass is 127. The van der Waals surface area contributed by atoms with Crippen LogP contribution in [0.25, 0.3) is 0 Å². The van der Waals surface area contributed by atoms with Gasteiger partial charge >= 0.3 is 0 Å². The minimum atomic E-state index is 0. The number of piperidine rings is 1. The quantitative estimate of drug-likeness (QED) is 0.346. The summed E-state index contributed by atoms with van der Waals surface area (Å²) in [4.78, 5) is 9.41. The lowest BCUT2D eigenvalue weighted by Gasteiger charge is -2.33. The molecule has 1 aliphatic rings. The molecular weight excluding hydrogens is 401 g/mol. The Hall–Kier alpha value is -0.0800. The second kappa shape index (κ2) is 13.2. The summed E-state index contributed by atoms with van der Waals surface area (Å²) in [5, 5.41) is 7.08. The number of nitrogens with zero attached hydrogens (tertiary/aromatic N) is 3. The fourth-order valence-electron chi connectivity index (χ4n) is 3.23. The number of hydrogen-bond donors (Lipinski definition) is 2. The molecule has 0 radical (unpaired) electrons. The van der Waals surface area contributed by atoms with E-state index in [-0.39, 0.29) is 24.0 Å². The number of hydrogen-bond acceptors (Lipinski definition) is 3. The first-order chi connectivity index (χ1) is 10.6. The van der Waals surface area contributed by atoms with Crippen molar-refractivity contribution >= 4 is 29.9 Å². The molecule has 1 heterocycles. The maximum Gasteiger partial charge on any atom is 0.191 e. The van der Waals surface area contributed by atoms with E-state index in [1.807, 2.05) is 7.05 Å². The Kier molecular flexibility index (Phi) is 13.2. The first-order valence-electron chi connectivity index (χ1n) is 9.08. The highest BCUT2D eigenvalue weighted by molar-refractivity contribution is 14.0. The van der Waals surface area contributed by atoms with Gasteiger partial charge < -0.3 is 15.5 Å². The van der Waals surface area contributed by atoms with E-state index in [0.717, 1.165) is 25.6 Å². The summed E-state index contributed by atoms with van der Waals surface area (Å²) in [6.45, 7) is 15.8. The number of rotatable bonds is 8. The Bertz CT molecular complexity index is 312. The summed E-state index contributed by atoms with van der Waals surface area (Å²) in [5.74, 6) is 0.952. The zero-order valence-electron chi connectivity index (χ0n) is 15.8. The summed E-state index contributed by atoms with van der Waals surface area (Å²) < 4.78 is 0. The molecule has 0 spiro atoms. The van der Waals surface area contributed by atoms with Crippen LogP contribution in [0.1, 0.15) is 47.0 Å². The third-order valence-electron chi connectivity index (χ3n) is 4.69. The average Bonchev–Trinajstić information content (AvgIpc) is 2.54. The Morgan fingerprint density at radius 3 is 2.30 bits per heavy atom. The third-order valence-corrected chi connectivity index (χ3v) is 4.69. The fourth-order valence-corrected chi connectivity index (χ4v) is 3.23. The van der Waals surface area contributed by atoms with Gasteiger partial charge in [0.25, 0.3) is 0 Å². The summed E-state index contributed by atoms with van der Waals surface area (Å²) in [6, 6.07) is 1.09. The molecule has 1 rings (SSSR count). The molecule has 0 aromatic rings. The Morgan fingerprint density at radius 1 is 1.22 bits per heavy atom. The van der Waals surface area contributed by atoms with Gasteiger partial charge in [0, 0.05) is 38.8 Å². The molecule has 1 unspecified atom stereocenters. The second-order valence-corrected chi connectivity index (χ2v) is 6.28. The average molecular weight is 439 g/mol. The fraction of sp³-hybridized carbons (Fsp3) is 0.941. The molecule has 0 bridgehead atoms. The van der Waals surface area contributed by atoms with Gasteiger partial charge in [-0.25, -0.2) is 0 Å². The Balaban J connectivity index is 0.00000484. The second-order valence-electron chi connectivity index (χ2n) is 6.28. The molecule has 138 valence electrons. The summed E-state index contributed by atoms with van der Waals surface area (Å²) >= 11 is 0. The molecule has 0 aromatic carbocycles. The van der Waals surface area contributed by atoms with Gasteiger partial charge in [0.1, 0.15) is 0 Å². The zero-order chi connectivity index (χ0) is 16.4. The molecule has 1 aliphatic heterocycles. The lowest BCUT2D eigenvalue weighted by atomic mass is 10.1.